The van der Waals surface area contributed by atoms with Crippen LogP contribution >= 0.6 is 0 Å². The van der Waals surface area contributed by atoms with Crippen LogP contribution in [0.15, 0.2) is 48.9 Å². The van der Waals surface area contributed by atoms with E-state index in [0.717, 1.165) is 16.8 Å². The first-order valence-corrected chi connectivity index (χ1v) is 8.60. The van der Waals surface area contributed by atoms with E-state index < -0.39 is 11.7 Å². The Labute approximate surface area is 157 Å². The average Bonchev–Trinajstić information content (AvgIpc) is 3.10. The van der Waals surface area contributed by atoms with Gasteiger partial charge in [0.15, 0.2) is 0 Å². The Morgan fingerprint density at radius 2 is 2.07 bits per heavy atom. The molecular formula is C19H23N5O3. The molecule has 142 valence electrons. The molecule has 3 rings (SSSR count). The third-order valence-electron chi connectivity index (χ3n) is 4.03. The number of nitrogens with one attached hydrogen (secondary N) is 1. The molecule has 1 unspecified atom stereocenters. The minimum Gasteiger partial charge on any atom is -0.393 e. The number of hydrogen-bond donors (Lipinski definition) is 4. The molecule has 0 saturated carbocycles. The largest absolute Gasteiger partial charge is 0.393 e. The average molecular weight is 369 g/mol. The molecule has 0 bridgehead atoms. The Morgan fingerprint density at radius 3 is 2.81 bits per heavy atom. The van der Waals surface area contributed by atoms with E-state index in [0.29, 0.717) is 11.6 Å². The van der Waals surface area contributed by atoms with Crippen LogP contribution in [-0.4, -0.2) is 47.3 Å². The maximum Gasteiger partial charge on any atom is 0.227 e. The predicted octanol–water partition coefficient (Wildman–Crippen LogP) is 1.88. The fourth-order valence-electron chi connectivity index (χ4n) is 2.57. The van der Waals surface area contributed by atoms with Crippen molar-refractivity contribution in [3.8, 4) is 11.1 Å². The van der Waals surface area contributed by atoms with Crippen molar-refractivity contribution in [3.05, 3.63) is 54.6 Å². The van der Waals surface area contributed by atoms with Crippen molar-refractivity contribution in [3.63, 3.8) is 0 Å². The smallest absolute Gasteiger partial charge is 0.227 e. The topological polar surface area (TPSA) is 116 Å². The zero-order chi connectivity index (χ0) is 19.4. The number of rotatable bonds is 7. The second kappa shape index (κ2) is 7.83. The molecule has 2 atom stereocenters. The SMILES string of the molecule is CC(O)c1ccnc(Nc2cccc(-c3cnn(C[C@](C)(O)CO)c3)c2)n1. The summed E-state index contributed by atoms with van der Waals surface area (Å²) in [6.45, 7) is 3.06. The van der Waals surface area contributed by atoms with Gasteiger partial charge in [0.25, 0.3) is 0 Å². The number of benzene rings is 1. The minimum atomic E-state index is -1.22. The van der Waals surface area contributed by atoms with E-state index in [2.05, 4.69) is 20.4 Å². The molecule has 1 aromatic carbocycles. The van der Waals surface area contributed by atoms with E-state index in [9.17, 15) is 15.3 Å². The number of hydrogen-bond acceptors (Lipinski definition) is 7. The second-order valence-electron chi connectivity index (χ2n) is 6.77. The van der Waals surface area contributed by atoms with Gasteiger partial charge in [0, 0.05) is 23.6 Å². The summed E-state index contributed by atoms with van der Waals surface area (Å²) in [7, 11) is 0. The molecule has 0 saturated heterocycles. The first-order chi connectivity index (χ1) is 12.9. The first kappa shape index (κ1) is 19.0. The van der Waals surface area contributed by atoms with Crippen LogP contribution in [0.5, 0.6) is 0 Å². The first-order valence-electron chi connectivity index (χ1n) is 8.60. The van der Waals surface area contributed by atoms with Gasteiger partial charge in [-0.15, -0.1) is 0 Å². The van der Waals surface area contributed by atoms with Crippen LogP contribution in [0, 0.1) is 0 Å². The van der Waals surface area contributed by atoms with Crippen molar-refractivity contribution >= 4 is 11.6 Å². The Morgan fingerprint density at radius 1 is 1.26 bits per heavy atom. The number of aromatic nitrogens is 4. The zero-order valence-electron chi connectivity index (χ0n) is 15.2. The third-order valence-corrected chi connectivity index (χ3v) is 4.03. The summed E-state index contributed by atoms with van der Waals surface area (Å²) in [5.74, 6) is 0.403. The Hall–Kier alpha value is -2.81. The van der Waals surface area contributed by atoms with Crippen molar-refractivity contribution in [2.45, 2.75) is 32.1 Å². The van der Waals surface area contributed by atoms with Crippen LogP contribution < -0.4 is 5.32 Å². The molecule has 4 N–H and O–H groups in total. The van der Waals surface area contributed by atoms with Crippen molar-refractivity contribution in [2.24, 2.45) is 0 Å². The van der Waals surface area contributed by atoms with Gasteiger partial charge in [0.1, 0.15) is 5.60 Å². The summed E-state index contributed by atoms with van der Waals surface area (Å²) >= 11 is 0. The van der Waals surface area contributed by atoms with Crippen LogP contribution in [-0.2, 0) is 6.54 Å². The van der Waals surface area contributed by atoms with Gasteiger partial charge in [0.05, 0.1) is 31.1 Å². The van der Waals surface area contributed by atoms with Gasteiger partial charge < -0.3 is 20.6 Å². The molecule has 2 heterocycles. The highest BCUT2D eigenvalue weighted by atomic mass is 16.3. The van der Waals surface area contributed by atoms with Crippen LogP contribution in [0.25, 0.3) is 11.1 Å². The molecule has 3 aromatic rings. The van der Waals surface area contributed by atoms with Gasteiger partial charge in [-0.3, -0.25) is 4.68 Å². The Bertz CT molecular complexity index is 908. The van der Waals surface area contributed by atoms with E-state index >= 15 is 0 Å². The summed E-state index contributed by atoms with van der Waals surface area (Å²) in [6, 6.07) is 9.34. The second-order valence-corrected chi connectivity index (χ2v) is 6.77. The Balaban J connectivity index is 1.78. The molecule has 27 heavy (non-hydrogen) atoms. The molecule has 8 nitrogen and oxygen atoms in total. The highest BCUT2D eigenvalue weighted by Gasteiger charge is 2.20. The summed E-state index contributed by atoms with van der Waals surface area (Å²) < 4.78 is 1.60. The van der Waals surface area contributed by atoms with Gasteiger partial charge in [0.2, 0.25) is 5.95 Å². The summed E-state index contributed by atoms with van der Waals surface area (Å²) in [4.78, 5) is 8.46. The third kappa shape index (κ3) is 4.88. The van der Waals surface area contributed by atoms with E-state index in [1.807, 2.05) is 30.5 Å². The lowest BCUT2D eigenvalue weighted by atomic mass is 10.1. The molecule has 2 aromatic heterocycles. The predicted molar refractivity (Wildman–Crippen MR) is 101 cm³/mol. The number of anilines is 2. The summed E-state index contributed by atoms with van der Waals surface area (Å²) in [5, 5.41) is 36.2. The molecule has 8 heteroatoms. The lowest BCUT2D eigenvalue weighted by Crippen LogP contribution is -2.34. The zero-order valence-corrected chi connectivity index (χ0v) is 15.2. The molecule has 0 radical (unpaired) electrons. The quantitative estimate of drug-likeness (QED) is 0.502. The molecule has 0 aliphatic carbocycles. The highest BCUT2D eigenvalue weighted by Crippen LogP contribution is 2.24. The van der Waals surface area contributed by atoms with Crippen molar-refractivity contribution in [2.75, 3.05) is 11.9 Å². The summed E-state index contributed by atoms with van der Waals surface area (Å²) in [6.07, 6.45) is 4.45. The lowest BCUT2D eigenvalue weighted by molar-refractivity contribution is -0.0145. The number of aliphatic hydroxyl groups is 3. The fourth-order valence-corrected chi connectivity index (χ4v) is 2.57. The number of aliphatic hydroxyl groups excluding tert-OH is 2. The standard InChI is InChI=1S/C19H23N5O3/c1-13(26)17-6-7-20-18(23-17)22-16-5-3-4-14(8-16)15-9-21-24(10-15)11-19(2,27)12-25/h3-10,13,25-27H,11-12H2,1-2H3,(H,20,22,23)/t13?,19-/m0/s1. The van der Waals surface area contributed by atoms with Gasteiger partial charge in [-0.1, -0.05) is 12.1 Å². The van der Waals surface area contributed by atoms with Gasteiger partial charge >= 0.3 is 0 Å². The molecule has 0 spiro atoms. The number of nitrogens with zero attached hydrogens (tertiary/aromatic N) is 4. The normalized spacial score (nSPS) is 14.6. The van der Waals surface area contributed by atoms with Crippen LogP contribution in [0.4, 0.5) is 11.6 Å². The van der Waals surface area contributed by atoms with E-state index in [1.165, 1.54) is 0 Å². The monoisotopic (exact) mass is 369 g/mol. The van der Waals surface area contributed by atoms with Crippen LogP contribution in [0.3, 0.4) is 0 Å². The maximum atomic E-state index is 9.97. The van der Waals surface area contributed by atoms with E-state index in [1.54, 1.807) is 37.0 Å². The van der Waals surface area contributed by atoms with E-state index in [-0.39, 0.29) is 13.2 Å². The van der Waals surface area contributed by atoms with Crippen LogP contribution in [0.1, 0.15) is 25.6 Å². The molecule has 0 amide bonds. The van der Waals surface area contributed by atoms with Crippen molar-refractivity contribution < 1.29 is 15.3 Å². The van der Waals surface area contributed by atoms with Crippen molar-refractivity contribution in [1.29, 1.82) is 0 Å². The maximum absolute atomic E-state index is 9.97. The molecule has 0 fully saturated rings. The molecule has 0 aliphatic rings. The minimum absolute atomic E-state index is 0.196. The molecular weight excluding hydrogens is 346 g/mol. The van der Waals surface area contributed by atoms with Crippen molar-refractivity contribution in [1.82, 2.24) is 19.7 Å². The fraction of sp³-hybridized carbons (Fsp3) is 0.316. The van der Waals surface area contributed by atoms with Gasteiger partial charge in [-0.25, -0.2) is 9.97 Å². The van der Waals surface area contributed by atoms with E-state index in [4.69, 9.17) is 0 Å². The Kier molecular flexibility index (Phi) is 5.50. The van der Waals surface area contributed by atoms with Gasteiger partial charge in [-0.2, -0.15) is 5.10 Å². The van der Waals surface area contributed by atoms with Crippen LogP contribution in [0.2, 0.25) is 0 Å². The summed E-state index contributed by atoms with van der Waals surface area (Å²) in [5.41, 5.74) is 1.93. The molecule has 0 aliphatic heterocycles. The highest BCUT2D eigenvalue weighted by molar-refractivity contribution is 5.68. The van der Waals surface area contributed by atoms with Gasteiger partial charge in [-0.05, 0) is 37.6 Å². The lowest BCUT2D eigenvalue weighted by Gasteiger charge is -2.19.